The summed E-state index contributed by atoms with van der Waals surface area (Å²) in [5.74, 6) is 0.444. The minimum Gasteiger partial charge on any atom is -0.364 e. The molecule has 2 fully saturated rings. The van der Waals surface area contributed by atoms with Gasteiger partial charge in [-0.05, 0) is 18.9 Å². The van der Waals surface area contributed by atoms with E-state index in [0.29, 0.717) is 25.2 Å². The van der Waals surface area contributed by atoms with Crippen molar-refractivity contribution in [3.63, 3.8) is 0 Å². The van der Waals surface area contributed by atoms with Crippen LogP contribution in [0.25, 0.3) is 0 Å². The van der Waals surface area contributed by atoms with Crippen LogP contribution in [0.1, 0.15) is 18.9 Å². The third-order valence-electron chi connectivity index (χ3n) is 3.64. The number of hydrogen-bond donors (Lipinski definition) is 0. The summed E-state index contributed by atoms with van der Waals surface area (Å²) in [5.41, 5.74) is 2.35. The lowest BCUT2D eigenvalue weighted by molar-refractivity contribution is -0.174. The molecule has 4 atom stereocenters. The zero-order valence-electron chi connectivity index (χ0n) is 11.2. The summed E-state index contributed by atoms with van der Waals surface area (Å²) in [5, 5.41) is 0. The van der Waals surface area contributed by atoms with E-state index in [4.69, 9.17) is 14.2 Å². The van der Waals surface area contributed by atoms with E-state index in [2.05, 4.69) is 25.6 Å². The molecule has 3 heteroatoms. The Labute approximate surface area is 114 Å². The Kier molecular flexibility index (Phi) is 3.69. The number of rotatable bonds is 5. The van der Waals surface area contributed by atoms with Crippen molar-refractivity contribution in [3.8, 4) is 0 Å². The Bertz CT molecular complexity index is 443. The second kappa shape index (κ2) is 5.45. The molecule has 2 aliphatic heterocycles. The number of benzene rings is 1. The van der Waals surface area contributed by atoms with Gasteiger partial charge in [-0.2, -0.15) is 0 Å². The molecule has 0 aliphatic carbocycles. The second-order valence-electron chi connectivity index (χ2n) is 5.48. The van der Waals surface area contributed by atoms with E-state index in [0.717, 1.165) is 12.0 Å². The van der Waals surface area contributed by atoms with Crippen molar-refractivity contribution in [2.45, 2.75) is 38.4 Å². The Morgan fingerprint density at radius 2 is 2.11 bits per heavy atom. The molecule has 0 aromatic heterocycles. The van der Waals surface area contributed by atoms with Crippen LogP contribution in [0.3, 0.4) is 0 Å². The van der Waals surface area contributed by atoms with Gasteiger partial charge in [0.05, 0.1) is 19.3 Å². The monoisotopic (exact) mass is 260 g/mol. The predicted octanol–water partition coefficient (Wildman–Crippen LogP) is 2.91. The van der Waals surface area contributed by atoms with Crippen LogP contribution in [-0.4, -0.2) is 25.1 Å². The highest BCUT2D eigenvalue weighted by Crippen LogP contribution is 2.41. The molecule has 102 valence electrons. The first-order valence-electron chi connectivity index (χ1n) is 6.81. The summed E-state index contributed by atoms with van der Waals surface area (Å²) in [7, 11) is 0. The normalized spacial score (nSPS) is 32.7. The Balaban J connectivity index is 1.49. The van der Waals surface area contributed by atoms with Crippen LogP contribution in [0.4, 0.5) is 0 Å². The van der Waals surface area contributed by atoms with Crippen LogP contribution in [0, 0.1) is 5.92 Å². The lowest BCUT2D eigenvalue weighted by Gasteiger charge is -2.25. The van der Waals surface area contributed by atoms with Gasteiger partial charge in [-0.1, -0.05) is 35.9 Å². The van der Waals surface area contributed by atoms with E-state index >= 15 is 0 Å². The molecule has 2 heterocycles. The van der Waals surface area contributed by atoms with Gasteiger partial charge in [0.2, 0.25) is 0 Å². The Morgan fingerprint density at radius 1 is 1.32 bits per heavy atom. The second-order valence-corrected chi connectivity index (χ2v) is 5.48. The maximum atomic E-state index is 5.81. The van der Waals surface area contributed by atoms with Gasteiger partial charge >= 0.3 is 0 Å². The molecule has 0 saturated carbocycles. The van der Waals surface area contributed by atoms with Crippen molar-refractivity contribution in [2.75, 3.05) is 6.61 Å². The third kappa shape index (κ3) is 3.06. The van der Waals surface area contributed by atoms with Gasteiger partial charge in [-0.25, -0.2) is 0 Å². The van der Waals surface area contributed by atoms with E-state index in [-0.39, 0.29) is 12.4 Å². The molecule has 2 aliphatic rings. The summed E-state index contributed by atoms with van der Waals surface area (Å²) in [4.78, 5) is 0. The highest BCUT2D eigenvalue weighted by molar-refractivity contribution is 5.13. The van der Waals surface area contributed by atoms with Gasteiger partial charge in [0, 0.05) is 5.92 Å². The lowest BCUT2D eigenvalue weighted by Crippen LogP contribution is -2.35. The van der Waals surface area contributed by atoms with Crippen molar-refractivity contribution < 1.29 is 14.2 Å². The predicted molar refractivity (Wildman–Crippen MR) is 72.6 cm³/mol. The summed E-state index contributed by atoms with van der Waals surface area (Å²) < 4.78 is 17.3. The first-order chi connectivity index (χ1) is 9.24. The summed E-state index contributed by atoms with van der Waals surface area (Å²) in [6.07, 6.45) is 1.17. The Morgan fingerprint density at radius 3 is 2.84 bits per heavy atom. The van der Waals surface area contributed by atoms with Crippen LogP contribution in [-0.2, 0) is 20.8 Å². The molecule has 3 rings (SSSR count). The average molecular weight is 260 g/mol. The number of fused-ring (bicyclic) bond motifs is 1. The fraction of sp³-hybridized carbons (Fsp3) is 0.500. The fourth-order valence-corrected chi connectivity index (χ4v) is 2.66. The minimum atomic E-state index is -0.216. The minimum absolute atomic E-state index is 0.113. The molecule has 0 spiro atoms. The summed E-state index contributed by atoms with van der Waals surface area (Å²) in [6, 6.07) is 10.1. The molecule has 1 aromatic carbocycles. The SMILES string of the molecule is C=C(C)C[C@H]1CO[C@H](OCc2ccccc2)[C@@H]2O[C@H]12. The molecular weight excluding hydrogens is 240 g/mol. The van der Waals surface area contributed by atoms with E-state index < -0.39 is 0 Å². The largest absolute Gasteiger partial charge is 0.364 e. The average Bonchev–Trinajstić information content (AvgIpc) is 3.19. The number of hydrogen-bond acceptors (Lipinski definition) is 3. The van der Waals surface area contributed by atoms with E-state index in [1.54, 1.807) is 0 Å². The molecular formula is C16H20O3. The molecule has 1 aromatic rings. The van der Waals surface area contributed by atoms with Gasteiger partial charge < -0.3 is 14.2 Å². The highest BCUT2D eigenvalue weighted by atomic mass is 16.7. The van der Waals surface area contributed by atoms with Crippen molar-refractivity contribution in [1.29, 1.82) is 0 Å². The lowest BCUT2D eigenvalue weighted by atomic mass is 9.95. The highest BCUT2D eigenvalue weighted by Gasteiger charge is 2.54. The first kappa shape index (κ1) is 12.9. The van der Waals surface area contributed by atoms with Crippen molar-refractivity contribution in [1.82, 2.24) is 0 Å². The quantitative estimate of drug-likeness (QED) is 0.602. The topological polar surface area (TPSA) is 31.0 Å². The molecule has 0 amide bonds. The zero-order chi connectivity index (χ0) is 13.2. The number of ether oxygens (including phenoxy) is 3. The standard InChI is InChI=1S/C16H20O3/c1-11(2)8-13-10-18-16(15-14(13)19-15)17-9-12-6-4-3-5-7-12/h3-7,13-16H,1,8-10H2,2H3/t13-,14+,15+,16-/m0/s1. The molecule has 0 N–H and O–H groups in total. The van der Waals surface area contributed by atoms with Crippen molar-refractivity contribution in [2.24, 2.45) is 5.92 Å². The summed E-state index contributed by atoms with van der Waals surface area (Å²) >= 11 is 0. The third-order valence-corrected chi connectivity index (χ3v) is 3.64. The van der Waals surface area contributed by atoms with E-state index in [1.807, 2.05) is 18.2 Å². The van der Waals surface area contributed by atoms with E-state index in [9.17, 15) is 0 Å². The van der Waals surface area contributed by atoms with Crippen LogP contribution in [0.15, 0.2) is 42.5 Å². The molecule has 2 saturated heterocycles. The molecule has 19 heavy (non-hydrogen) atoms. The maximum Gasteiger partial charge on any atom is 0.186 e. The molecule has 0 bridgehead atoms. The van der Waals surface area contributed by atoms with Gasteiger partial charge in [0.1, 0.15) is 6.10 Å². The van der Waals surface area contributed by atoms with Crippen LogP contribution in [0.5, 0.6) is 0 Å². The first-order valence-corrected chi connectivity index (χ1v) is 6.81. The molecule has 0 unspecified atom stereocenters. The van der Waals surface area contributed by atoms with Crippen molar-refractivity contribution in [3.05, 3.63) is 48.0 Å². The van der Waals surface area contributed by atoms with Gasteiger partial charge in [0.15, 0.2) is 6.29 Å². The summed E-state index contributed by atoms with van der Waals surface area (Å²) in [6.45, 7) is 7.28. The van der Waals surface area contributed by atoms with Crippen LogP contribution >= 0.6 is 0 Å². The zero-order valence-corrected chi connectivity index (χ0v) is 11.2. The van der Waals surface area contributed by atoms with Crippen molar-refractivity contribution >= 4 is 0 Å². The van der Waals surface area contributed by atoms with Gasteiger partial charge in [0.25, 0.3) is 0 Å². The maximum absolute atomic E-state index is 5.81. The van der Waals surface area contributed by atoms with Crippen LogP contribution in [0.2, 0.25) is 0 Å². The van der Waals surface area contributed by atoms with Gasteiger partial charge in [-0.15, -0.1) is 6.58 Å². The smallest absolute Gasteiger partial charge is 0.186 e. The number of epoxide rings is 1. The van der Waals surface area contributed by atoms with Crippen LogP contribution < -0.4 is 0 Å². The molecule has 3 nitrogen and oxygen atoms in total. The number of allylic oxidation sites excluding steroid dienone is 1. The Hall–Kier alpha value is -1.16. The molecule has 0 radical (unpaired) electrons. The van der Waals surface area contributed by atoms with Gasteiger partial charge in [-0.3, -0.25) is 0 Å². The van der Waals surface area contributed by atoms with E-state index in [1.165, 1.54) is 5.57 Å². The fourth-order valence-electron chi connectivity index (χ4n) is 2.66.